The number of nitrogens with zero attached hydrogens (tertiary/aromatic N) is 2. The highest BCUT2D eigenvalue weighted by Gasteiger charge is 2.23. The van der Waals surface area contributed by atoms with Crippen molar-refractivity contribution in [2.45, 2.75) is 53.4 Å². The molecule has 0 aromatic heterocycles. The first-order chi connectivity index (χ1) is 18.5. The van der Waals surface area contributed by atoms with Gasteiger partial charge in [0.15, 0.2) is 0 Å². The van der Waals surface area contributed by atoms with Gasteiger partial charge in [0.1, 0.15) is 0 Å². The van der Waals surface area contributed by atoms with Gasteiger partial charge in [0, 0.05) is 37.3 Å². The first-order valence-corrected chi connectivity index (χ1v) is 14.3. The van der Waals surface area contributed by atoms with E-state index >= 15 is 0 Å². The molecular formula is C34H46Cl2N2O2. The van der Waals surface area contributed by atoms with Crippen molar-refractivity contribution in [1.82, 2.24) is 9.80 Å². The highest BCUT2D eigenvalue weighted by molar-refractivity contribution is 6.01. The zero-order valence-corrected chi connectivity index (χ0v) is 26.1. The van der Waals surface area contributed by atoms with Crippen molar-refractivity contribution in [2.24, 2.45) is 11.8 Å². The molecule has 0 aliphatic carbocycles. The second-order valence-corrected chi connectivity index (χ2v) is 10.2. The number of hydrogen-bond donors (Lipinski definition) is 0. The van der Waals surface area contributed by atoms with Crippen LogP contribution in [0.25, 0.3) is 11.1 Å². The fraction of sp³-hybridized carbons (Fsp3) is 0.412. The molecule has 4 nitrogen and oxygen atoms in total. The monoisotopic (exact) mass is 584 g/mol. The third-order valence-corrected chi connectivity index (χ3v) is 7.40. The lowest BCUT2D eigenvalue weighted by Gasteiger charge is -2.30. The fourth-order valence-corrected chi connectivity index (χ4v) is 4.90. The molecule has 0 unspecified atom stereocenters. The Bertz CT molecular complexity index is 1120. The average molecular weight is 586 g/mol. The Morgan fingerprint density at radius 2 is 0.975 bits per heavy atom. The van der Waals surface area contributed by atoms with Crippen LogP contribution < -0.4 is 0 Å². The van der Waals surface area contributed by atoms with Gasteiger partial charge in [0.2, 0.25) is 0 Å². The summed E-state index contributed by atoms with van der Waals surface area (Å²) in [5.74, 6) is 1.85. The summed E-state index contributed by atoms with van der Waals surface area (Å²) in [5.41, 5.74) is 3.76. The van der Waals surface area contributed by atoms with Crippen molar-refractivity contribution >= 4 is 36.6 Å². The van der Waals surface area contributed by atoms with Crippen molar-refractivity contribution in [3.05, 3.63) is 96.1 Å². The molecule has 218 valence electrons. The minimum Gasteiger partial charge on any atom is -0.339 e. The van der Waals surface area contributed by atoms with E-state index in [1.165, 1.54) is 0 Å². The van der Waals surface area contributed by atoms with Crippen LogP contribution in [-0.4, -0.2) is 47.8 Å². The summed E-state index contributed by atoms with van der Waals surface area (Å²) in [7, 11) is 0. The van der Waals surface area contributed by atoms with E-state index in [4.69, 9.17) is 0 Å². The summed E-state index contributed by atoms with van der Waals surface area (Å²) in [5, 5.41) is 0. The molecule has 0 saturated carbocycles. The standard InChI is InChI=1S/C19H21NO.C13H17NO.C2H6.2ClH/c1-15-11-13-20(14-12-15)19(21)18-10-6-5-9-17(18)16-7-3-2-4-8-16;1-11-7-9-14(10-8-11)13(15)12-5-3-2-4-6-12;1-2;;/h2-10,15H,11-14H2,1H3;2-6,11H,7-10H2,1H3;1-2H3;2*1H. The van der Waals surface area contributed by atoms with E-state index in [1.54, 1.807) is 0 Å². The number of benzene rings is 3. The quantitative estimate of drug-likeness (QED) is 0.309. The molecule has 2 heterocycles. The van der Waals surface area contributed by atoms with Gasteiger partial charge in [-0.15, -0.1) is 24.8 Å². The normalized spacial score (nSPS) is 15.2. The minimum absolute atomic E-state index is 0. The van der Waals surface area contributed by atoms with Gasteiger partial charge in [-0.2, -0.15) is 0 Å². The predicted molar refractivity (Wildman–Crippen MR) is 173 cm³/mol. The van der Waals surface area contributed by atoms with E-state index in [1.807, 2.05) is 96.4 Å². The fourth-order valence-electron chi connectivity index (χ4n) is 4.90. The van der Waals surface area contributed by atoms with Crippen LogP contribution in [0.15, 0.2) is 84.9 Å². The number of hydrogen-bond acceptors (Lipinski definition) is 2. The van der Waals surface area contributed by atoms with E-state index < -0.39 is 0 Å². The molecule has 2 aliphatic heterocycles. The van der Waals surface area contributed by atoms with Gasteiger partial charge in [0.25, 0.3) is 11.8 Å². The van der Waals surface area contributed by atoms with Crippen molar-refractivity contribution < 1.29 is 9.59 Å². The average Bonchev–Trinajstić information content (AvgIpc) is 2.99. The number of rotatable bonds is 3. The molecule has 0 atom stereocenters. The Labute approximate surface area is 254 Å². The third-order valence-electron chi connectivity index (χ3n) is 7.40. The molecule has 3 aromatic carbocycles. The molecule has 0 N–H and O–H groups in total. The molecule has 2 amide bonds. The van der Waals surface area contributed by atoms with Gasteiger partial charge < -0.3 is 9.80 Å². The summed E-state index contributed by atoms with van der Waals surface area (Å²) in [6, 6.07) is 27.6. The number of likely N-dealkylation sites (tertiary alicyclic amines) is 2. The van der Waals surface area contributed by atoms with Gasteiger partial charge in [-0.1, -0.05) is 94.4 Å². The summed E-state index contributed by atoms with van der Waals surface area (Å²) < 4.78 is 0. The van der Waals surface area contributed by atoms with E-state index in [0.29, 0.717) is 0 Å². The zero-order chi connectivity index (χ0) is 27.3. The van der Waals surface area contributed by atoms with Crippen LogP contribution >= 0.6 is 24.8 Å². The molecule has 0 bridgehead atoms. The van der Waals surface area contributed by atoms with E-state index in [0.717, 1.165) is 86.0 Å². The van der Waals surface area contributed by atoms with Crippen LogP contribution in [0, 0.1) is 11.8 Å². The molecule has 0 spiro atoms. The smallest absolute Gasteiger partial charge is 0.254 e. The number of amides is 2. The second-order valence-electron chi connectivity index (χ2n) is 10.2. The van der Waals surface area contributed by atoms with Crippen LogP contribution in [0.2, 0.25) is 0 Å². The topological polar surface area (TPSA) is 40.6 Å². The van der Waals surface area contributed by atoms with E-state index in [-0.39, 0.29) is 36.6 Å². The van der Waals surface area contributed by atoms with Crippen molar-refractivity contribution in [3.63, 3.8) is 0 Å². The van der Waals surface area contributed by atoms with E-state index in [2.05, 4.69) is 26.0 Å². The Morgan fingerprint density at radius 1 is 0.575 bits per heavy atom. The zero-order valence-electron chi connectivity index (χ0n) is 24.4. The number of piperidine rings is 2. The molecular weight excluding hydrogens is 539 g/mol. The van der Waals surface area contributed by atoms with Crippen LogP contribution in [0.3, 0.4) is 0 Å². The lowest BCUT2D eigenvalue weighted by Crippen LogP contribution is -2.38. The summed E-state index contributed by atoms with van der Waals surface area (Å²) in [6.45, 7) is 12.1. The van der Waals surface area contributed by atoms with Crippen LogP contribution in [0.4, 0.5) is 0 Å². The number of carbonyl (C=O) groups excluding carboxylic acids is 2. The Hall–Kier alpha value is -2.82. The molecule has 2 aliphatic rings. The largest absolute Gasteiger partial charge is 0.339 e. The van der Waals surface area contributed by atoms with Crippen LogP contribution in [-0.2, 0) is 0 Å². The summed E-state index contributed by atoms with van der Waals surface area (Å²) in [6.07, 6.45) is 4.50. The summed E-state index contributed by atoms with van der Waals surface area (Å²) >= 11 is 0. The molecule has 2 fully saturated rings. The Morgan fingerprint density at radius 3 is 1.48 bits per heavy atom. The first-order valence-electron chi connectivity index (χ1n) is 14.3. The van der Waals surface area contributed by atoms with Gasteiger partial charge in [0.05, 0.1) is 0 Å². The minimum atomic E-state index is 0. The SMILES string of the molecule is CC.CC1CCN(C(=O)c2ccccc2)CC1.CC1CCN(C(=O)c2ccccc2-c2ccccc2)CC1.Cl.Cl. The molecule has 5 rings (SSSR count). The van der Waals surface area contributed by atoms with Crippen LogP contribution in [0.5, 0.6) is 0 Å². The lowest BCUT2D eigenvalue weighted by molar-refractivity contribution is 0.0690. The lowest BCUT2D eigenvalue weighted by atomic mass is 9.96. The second kappa shape index (κ2) is 18.5. The number of halogens is 2. The maximum absolute atomic E-state index is 12.8. The maximum Gasteiger partial charge on any atom is 0.254 e. The van der Waals surface area contributed by atoms with Crippen molar-refractivity contribution in [1.29, 1.82) is 0 Å². The Kier molecular flexibility index (Phi) is 16.3. The number of carbonyl (C=O) groups is 2. The van der Waals surface area contributed by atoms with Gasteiger partial charge in [-0.25, -0.2) is 0 Å². The van der Waals surface area contributed by atoms with Gasteiger partial charge in [-0.05, 0) is 66.8 Å². The third kappa shape index (κ3) is 9.98. The first kappa shape index (κ1) is 35.2. The van der Waals surface area contributed by atoms with Gasteiger partial charge >= 0.3 is 0 Å². The maximum atomic E-state index is 12.8. The highest BCUT2D eigenvalue weighted by atomic mass is 35.5. The molecule has 0 radical (unpaired) electrons. The molecule has 2 saturated heterocycles. The Balaban J connectivity index is 0.000000375. The van der Waals surface area contributed by atoms with E-state index in [9.17, 15) is 9.59 Å². The van der Waals surface area contributed by atoms with Gasteiger partial charge in [-0.3, -0.25) is 9.59 Å². The summed E-state index contributed by atoms with van der Waals surface area (Å²) in [4.78, 5) is 28.8. The van der Waals surface area contributed by atoms with Crippen molar-refractivity contribution in [3.8, 4) is 11.1 Å². The molecule has 6 heteroatoms. The predicted octanol–water partition coefficient (Wildman–Crippen LogP) is 8.65. The van der Waals surface area contributed by atoms with Crippen LogP contribution in [0.1, 0.15) is 74.1 Å². The molecule has 40 heavy (non-hydrogen) atoms. The highest BCUT2D eigenvalue weighted by Crippen LogP contribution is 2.26. The van der Waals surface area contributed by atoms with Crippen molar-refractivity contribution in [2.75, 3.05) is 26.2 Å². The molecule has 3 aromatic rings.